The largest absolute Gasteiger partial charge is 0.481 e. The number of aryl methyl sites for hydroxylation is 1. The molecule has 1 aliphatic rings. The molecule has 2 rings (SSSR count). The summed E-state index contributed by atoms with van der Waals surface area (Å²) in [5.41, 5.74) is 0.265. The topological polar surface area (TPSA) is 160 Å². The van der Waals surface area contributed by atoms with Gasteiger partial charge in [0.1, 0.15) is 18.1 Å². The van der Waals surface area contributed by atoms with Gasteiger partial charge in [-0.15, -0.1) is 0 Å². The summed E-state index contributed by atoms with van der Waals surface area (Å²) in [5.74, 6) is -3.57. The summed E-state index contributed by atoms with van der Waals surface area (Å²) in [4.78, 5) is 21.7. The van der Waals surface area contributed by atoms with Crippen LogP contribution in [-0.4, -0.2) is 56.1 Å². The highest BCUT2D eigenvalue weighted by Crippen LogP contribution is 2.33. The van der Waals surface area contributed by atoms with E-state index in [2.05, 4.69) is 0 Å². The molecule has 10 nitrogen and oxygen atoms in total. The smallest absolute Gasteiger partial charge is 0.315 e. The number of hydrogen-bond donors (Lipinski definition) is 4. The lowest BCUT2D eigenvalue weighted by Gasteiger charge is -2.38. The number of aliphatic hydroxyl groups excluding tert-OH is 3. The third-order valence-corrected chi connectivity index (χ3v) is 3.73. The highest BCUT2D eigenvalue weighted by Gasteiger charge is 2.49. The molecule has 1 fully saturated rings. The minimum atomic E-state index is -1.89. The van der Waals surface area contributed by atoms with Crippen molar-refractivity contribution in [2.75, 3.05) is 0 Å². The summed E-state index contributed by atoms with van der Waals surface area (Å²) in [6.45, 7) is 1.80. The summed E-state index contributed by atoms with van der Waals surface area (Å²) in [5, 5.41) is 49.2. The number of nitrogens with zero attached hydrogens (tertiary/aromatic N) is 1. The lowest BCUT2D eigenvalue weighted by atomic mass is 9.94. The first kappa shape index (κ1) is 18.1. The molecule has 0 saturated carbocycles. The van der Waals surface area contributed by atoms with E-state index in [9.17, 15) is 35.3 Å². The number of hydrogen-bond acceptors (Lipinski definition) is 8. The van der Waals surface area contributed by atoms with E-state index in [-0.39, 0.29) is 5.75 Å². The van der Waals surface area contributed by atoms with Gasteiger partial charge in [-0.2, -0.15) is 0 Å². The number of rotatable bonds is 5. The van der Waals surface area contributed by atoms with E-state index in [1.54, 1.807) is 13.0 Å². The van der Waals surface area contributed by atoms with Crippen molar-refractivity contribution in [1.82, 2.24) is 0 Å². The molecule has 0 amide bonds. The maximum absolute atomic E-state index is 11.3. The highest BCUT2D eigenvalue weighted by atomic mass is 16.7. The van der Waals surface area contributed by atoms with Crippen molar-refractivity contribution in [1.29, 1.82) is 0 Å². The van der Waals surface area contributed by atoms with E-state index >= 15 is 0 Å². The molecule has 1 aliphatic heterocycles. The quantitative estimate of drug-likeness (QED) is 0.413. The molecule has 1 heterocycles. The van der Waals surface area contributed by atoms with Gasteiger partial charge in [-0.25, -0.2) is 0 Å². The van der Waals surface area contributed by atoms with E-state index in [1.807, 2.05) is 0 Å². The summed E-state index contributed by atoms with van der Waals surface area (Å²) in [7, 11) is 0. The molecular formula is C14H17NO9. The molecule has 1 aromatic rings. The Labute approximate surface area is 136 Å². The third-order valence-electron chi connectivity index (χ3n) is 3.73. The van der Waals surface area contributed by atoms with Crippen molar-refractivity contribution >= 4 is 11.7 Å². The Balaban J connectivity index is 2.34. The zero-order valence-electron chi connectivity index (χ0n) is 12.6. The van der Waals surface area contributed by atoms with Crippen LogP contribution in [0.15, 0.2) is 18.2 Å². The van der Waals surface area contributed by atoms with Gasteiger partial charge in [-0.05, 0) is 18.1 Å². The average molecular weight is 343 g/mol. The number of nitro benzene ring substituents is 1. The SMILES string of the molecule is CCc1ccc(OC2OC(O)C(O)C(O)C2C(=O)O)c([N+](=O)[O-])c1. The van der Waals surface area contributed by atoms with Crippen LogP contribution in [-0.2, 0) is 16.0 Å². The van der Waals surface area contributed by atoms with Gasteiger partial charge in [0.2, 0.25) is 6.29 Å². The van der Waals surface area contributed by atoms with Crippen LogP contribution < -0.4 is 4.74 Å². The number of carbonyl (C=O) groups is 1. The van der Waals surface area contributed by atoms with Crippen LogP contribution in [0.5, 0.6) is 5.75 Å². The Morgan fingerprint density at radius 1 is 1.33 bits per heavy atom. The number of nitro groups is 1. The molecule has 10 heteroatoms. The van der Waals surface area contributed by atoms with Gasteiger partial charge in [-0.3, -0.25) is 14.9 Å². The van der Waals surface area contributed by atoms with E-state index in [4.69, 9.17) is 9.47 Å². The number of carboxylic acid groups (broad SMARTS) is 1. The molecule has 5 unspecified atom stereocenters. The maximum atomic E-state index is 11.3. The number of aliphatic carboxylic acids is 1. The zero-order chi connectivity index (χ0) is 18.0. The second kappa shape index (κ2) is 7.09. The predicted octanol–water partition coefficient (Wildman–Crippen LogP) is -0.367. The third kappa shape index (κ3) is 3.46. The van der Waals surface area contributed by atoms with Crippen LogP contribution in [0.4, 0.5) is 5.69 Å². The summed E-state index contributed by atoms with van der Waals surface area (Å²) < 4.78 is 10.1. The summed E-state index contributed by atoms with van der Waals surface area (Å²) >= 11 is 0. The van der Waals surface area contributed by atoms with E-state index < -0.39 is 47.3 Å². The molecular weight excluding hydrogens is 326 g/mol. The first-order chi connectivity index (χ1) is 11.3. The average Bonchev–Trinajstić information content (AvgIpc) is 2.52. The number of benzene rings is 1. The van der Waals surface area contributed by atoms with Gasteiger partial charge in [0.05, 0.1) is 4.92 Å². The molecule has 0 bridgehead atoms. The van der Waals surface area contributed by atoms with Crippen LogP contribution in [0.2, 0.25) is 0 Å². The van der Waals surface area contributed by atoms with Crippen molar-refractivity contribution in [3.05, 3.63) is 33.9 Å². The van der Waals surface area contributed by atoms with Gasteiger partial charge >= 0.3 is 11.7 Å². The van der Waals surface area contributed by atoms with Crippen molar-refractivity contribution in [3.63, 3.8) is 0 Å². The van der Waals surface area contributed by atoms with Gasteiger partial charge in [-0.1, -0.05) is 13.0 Å². The van der Waals surface area contributed by atoms with Crippen LogP contribution in [0.1, 0.15) is 12.5 Å². The van der Waals surface area contributed by atoms with Crippen molar-refractivity contribution in [2.24, 2.45) is 5.92 Å². The second-order valence-electron chi connectivity index (χ2n) is 5.27. The monoisotopic (exact) mass is 343 g/mol. The first-order valence-electron chi connectivity index (χ1n) is 7.12. The standard InChI is InChI=1S/C14H17NO9/c1-2-6-3-4-8(7(5-6)15(21)22)23-14-9(12(18)19)10(16)11(17)13(20)24-14/h3-5,9-11,13-14,16-17,20H,2H2,1H3,(H,18,19). The van der Waals surface area contributed by atoms with Gasteiger partial charge in [0, 0.05) is 6.07 Å². The Morgan fingerprint density at radius 3 is 2.54 bits per heavy atom. The fraction of sp³-hybridized carbons (Fsp3) is 0.500. The van der Waals surface area contributed by atoms with Crippen LogP contribution in [0, 0.1) is 16.0 Å². The number of aliphatic hydroxyl groups is 3. The Hall–Kier alpha value is -2.27. The number of ether oxygens (including phenoxy) is 2. The van der Waals surface area contributed by atoms with Gasteiger partial charge in [0.25, 0.3) is 0 Å². The molecule has 4 N–H and O–H groups in total. The Kier molecular flexibility index (Phi) is 5.34. The van der Waals surface area contributed by atoms with Crippen LogP contribution >= 0.6 is 0 Å². The Bertz CT molecular complexity index is 635. The predicted molar refractivity (Wildman–Crippen MR) is 77.1 cm³/mol. The first-order valence-corrected chi connectivity index (χ1v) is 7.12. The van der Waals surface area contributed by atoms with E-state index in [1.165, 1.54) is 12.1 Å². The van der Waals surface area contributed by atoms with Gasteiger partial charge in [0.15, 0.2) is 12.0 Å². The molecule has 0 aliphatic carbocycles. The normalized spacial score (nSPS) is 29.9. The van der Waals surface area contributed by atoms with Crippen LogP contribution in [0.3, 0.4) is 0 Å². The lowest BCUT2D eigenvalue weighted by Crippen LogP contribution is -2.58. The van der Waals surface area contributed by atoms with Crippen LogP contribution in [0.25, 0.3) is 0 Å². The molecule has 0 aromatic heterocycles. The molecule has 0 radical (unpaired) electrons. The highest BCUT2D eigenvalue weighted by molar-refractivity contribution is 5.71. The lowest BCUT2D eigenvalue weighted by molar-refractivity contribution is -0.387. The van der Waals surface area contributed by atoms with Crippen molar-refractivity contribution in [2.45, 2.75) is 38.1 Å². The molecule has 132 valence electrons. The minimum absolute atomic E-state index is 0.274. The molecule has 5 atom stereocenters. The van der Waals surface area contributed by atoms with Crippen molar-refractivity contribution in [3.8, 4) is 5.75 Å². The Morgan fingerprint density at radius 2 is 2.00 bits per heavy atom. The molecule has 24 heavy (non-hydrogen) atoms. The van der Waals surface area contributed by atoms with E-state index in [0.29, 0.717) is 12.0 Å². The van der Waals surface area contributed by atoms with Crippen molar-refractivity contribution < 1.29 is 39.6 Å². The summed E-state index contributed by atoms with van der Waals surface area (Å²) in [6.07, 6.45) is -6.78. The second-order valence-corrected chi connectivity index (χ2v) is 5.27. The molecule has 1 saturated heterocycles. The minimum Gasteiger partial charge on any atom is -0.481 e. The zero-order valence-corrected chi connectivity index (χ0v) is 12.6. The maximum Gasteiger partial charge on any atom is 0.315 e. The fourth-order valence-electron chi connectivity index (χ4n) is 2.36. The van der Waals surface area contributed by atoms with E-state index in [0.717, 1.165) is 0 Å². The summed E-state index contributed by atoms with van der Waals surface area (Å²) in [6, 6.07) is 4.11. The molecule has 0 spiro atoms. The molecule has 1 aromatic carbocycles. The van der Waals surface area contributed by atoms with Gasteiger partial charge < -0.3 is 29.9 Å². The fourth-order valence-corrected chi connectivity index (χ4v) is 2.36. The number of carboxylic acids is 1.